The van der Waals surface area contributed by atoms with Gasteiger partial charge in [-0.1, -0.05) is 35.9 Å². The minimum absolute atomic E-state index is 0.651. The molecule has 0 fully saturated rings. The Labute approximate surface area is 114 Å². The molecule has 0 radical (unpaired) electrons. The Hall–Kier alpha value is -2.18. The standard InChI is InChI=1S/C17H18N2/c1-12-9-13(2)16(14(3)10-12)11-17(19-18)15-7-5-4-6-8-15/h4-10H,11H2,1-3H3. The fraction of sp³-hybridized carbons (Fsp3) is 0.235. The highest BCUT2D eigenvalue weighted by molar-refractivity contribution is 5.98. The molecule has 0 aliphatic heterocycles. The number of benzene rings is 2. The van der Waals surface area contributed by atoms with Crippen LogP contribution in [0.1, 0.15) is 27.8 Å². The molecule has 2 nitrogen and oxygen atoms in total. The maximum absolute atomic E-state index is 9.27. The van der Waals surface area contributed by atoms with Crippen molar-refractivity contribution in [2.75, 3.05) is 0 Å². The third-order valence-electron chi connectivity index (χ3n) is 3.41. The number of hydrogen-bond donors (Lipinski definition) is 0. The molecule has 0 unspecified atom stereocenters. The van der Waals surface area contributed by atoms with Crippen molar-refractivity contribution in [1.82, 2.24) is 0 Å². The van der Waals surface area contributed by atoms with E-state index in [4.69, 9.17) is 0 Å². The second kappa shape index (κ2) is 5.64. The van der Waals surface area contributed by atoms with Gasteiger partial charge in [0.15, 0.2) is 0 Å². The van der Waals surface area contributed by atoms with Crippen LogP contribution < -0.4 is 0 Å². The molecular formula is C17H18N2. The number of aryl methyl sites for hydroxylation is 3. The molecule has 0 aliphatic rings. The molecular weight excluding hydrogens is 232 g/mol. The Morgan fingerprint density at radius 2 is 1.58 bits per heavy atom. The van der Waals surface area contributed by atoms with Gasteiger partial charge in [-0.3, -0.25) is 0 Å². The average molecular weight is 250 g/mol. The first-order valence-electron chi connectivity index (χ1n) is 6.45. The van der Waals surface area contributed by atoms with Crippen LogP contribution in [0.5, 0.6) is 0 Å². The van der Waals surface area contributed by atoms with Gasteiger partial charge in [0, 0.05) is 0 Å². The van der Waals surface area contributed by atoms with Crippen LogP contribution in [0.2, 0.25) is 0 Å². The Kier molecular flexibility index (Phi) is 3.94. The zero-order valence-corrected chi connectivity index (χ0v) is 11.6. The third kappa shape index (κ3) is 2.98. The van der Waals surface area contributed by atoms with Crippen LogP contribution in [0, 0.1) is 20.8 Å². The van der Waals surface area contributed by atoms with Crippen molar-refractivity contribution >= 4 is 5.71 Å². The first-order valence-corrected chi connectivity index (χ1v) is 6.45. The smallest absolute Gasteiger partial charge is 0.303 e. The van der Waals surface area contributed by atoms with Crippen LogP contribution in [0.4, 0.5) is 0 Å². The summed E-state index contributed by atoms with van der Waals surface area (Å²) in [6.45, 7) is 6.31. The average Bonchev–Trinajstić information content (AvgIpc) is 2.39. The lowest BCUT2D eigenvalue weighted by Crippen LogP contribution is -2.09. The van der Waals surface area contributed by atoms with Crippen molar-refractivity contribution in [3.8, 4) is 0 Å². The molecule has 0 saturated heterocycles. The van der Waals surface area contributed by atoms with Crippen LogP contribution >= 0.6 is 0 Å². The Bertz CT molecular complexity index is 613. The topological polar surface area (TPSA) is 36.4 Å². The van der Waals surface area contributed by atoms with E-state index in [2.05, 4.69) is 37.7 Å². The maximum Gasteiger partial charge on any atom is 0.303 e. The Morgan fingerprint density at radius 1 is 1.00 bits per heavy atom. The van der Waals surface area contributed by atoms with Crippen molar-refractivity contribution in [1.29, 1.82) is 0 Å². The molecule has 0 aliphatic carbocycles. The van der Waals surface area contributed by atoms with Crippen molar-refractivity contribution in [2.24, 2.45) is 0 Å². The van der Waals surface area contributed by atoms with Gasteiger partial charge in [0.2, 0.25) is 0 Å². The molecule has 19 heavy (non-hydrogen) atoms. The van der Waals surface area contributed by atoms with Crippen LogP contribution in [0.3, 0.4) is 0 Å². The summed E-state index contributed by atoms with van der Waals surface area (Å²) in [6, 6.07) is 14.1. The molecule has 0 atom stereocenters. The SMILES string of the molecule is Cc1cc(C)c(CC(=[N+]=[N-])c2ccccc2)c(C)c1. The van der Waals surface area contributed by atoms with Crippen molar-refractivity contribution in [3.63, 3.8) is 0 Å². The molecule has 0 spiro atoms. The van der Waals surface area contributed by atoms with Gasteiger partial charge in [-0.25, -0.2) is 0 Å². The van der Waals surface area contributed by atoms with Crippen molar-refractivity contribution in [3.05, 3.63) is 75.8 Å². The fourth-order valence-electron chi connectivity index (χ4n) is 2.48. The van der Waals surface area contributed by atoms with Gasteiger partial charge in [-0.2, -0.15) is 4.79 Å². The minimum Gasteiger partial charge on any atom is -0.361 e. The number of nitrogens with zero attached hydrogens (tertiary/aromatic N) is 2. The summed E-state index contributed by atoms with van der Waals surface area (Å²) >= 11 is 0. The van der Waals surface area contributed by atoms with Crippen LogP contribution in [-0.4, -0.2) is 10.5 Å². The molecule has 2 rings (SSSR count). The van der Waals surface area contributed by atoms with E-state index in [1.54, 1.807) is 0 Å². The molecule has 0 aromatic heterocycles. The summed E-state index contributed by atoms with van der Waals surface area (Å²) in [7, 11) is 0. The van der Waals surface area contributed by atoms with Gasteiger partial charge in [0.1, 0.15) is 0 Å². The summed E-state index contributed by atoms with van der Waals surface area (Å²) in [5.41, 5.74) is 15.9. The lowest BCUT2D eigenvalue weighted by Gasteiger charge is -2.09. The van der Waals surface area contributed by atoms with E-state index in [0.29, 0.717) is 12.1 Å². The number of rotatable bonds is 3. The molecule has 96 valence electrons. The van der Waals surface area contributed by atoms with Gasteiger partial charge in [0.25, 0.3) is 0 Å². The Morgan fingerprint density at radius 3 is 2.11 bits per heavy atom. The van der Waals surface area contributed by atoms with E-state index in [1.165, 1.54) is 22.3 Å². The quantitative estimate of drug-likeness (QED) is 0.450. The summed E-state index contributed by atoms with van der Waals surface area (Å²) in [4.78, 5) is 3.47. The molecule has 0 amide bonds. The second-order valence-electron chi connectivity index (χ2n) is 4.97. The van der Waals surface area contributed by atoms with Crippen LogP contribution in [-0.2, 0) is 6.42 Å². The number of hydrogen-bond acceptors (Lipinski definition) is 0. The van der Waals surface area contributed by atoms with E-state index in [1.807, 2.05) is 30.3 Å². The van der Waals surface area contributed by atoms with E-state index < -0.39 is 0 Å². The molecule has 2 heteroatoms. The first-order chi connectivity index (χ1) is 9.11. The highest BCUT2D eigenvalue weighted by atomic mass is 14.9. The lowest BCUT2D eigenvalue weighted by molar-refractivity contribution is -0.00621. The molecule has 0 N–H and O–H groups in total. The van der Waals surface area contributed by atoms with Gasteiger partial charge < -0.3 is 5.53 Å². The van der Waals surface area contributed by atoms with E-state index in [0.717, 1.165) is 5.56 Å². The summed E-state index contributed by atoms with van der Waals surface area (Å²) < 4.78 is 0. The first kappa shape index (κ1) is 13.3. The molecule has 0 saturated carbocycles. The third-order valence-corrected chi connectivity index (χ3v) is 3.41. The van der Waals surface area contributed by atoms with Gasteiger partial charge in [0.05, 0.1) is 12.0 Å². The predicted octanol–water partition coefficient (Wildman–Crippen LogP) is 3.87. The summed E-state index contributed by atoms with van der Waals surface area (Å²) in [5.74, 6) is 0. The molecule has 2 aromatic rings. The summed E-state index contributed by atoms with van der Waals surface area (Å²) in [5, 5.41) is 0. The van der Waals surface area contributed by atoms with Gasteiger partial charge >= 0.3 is 5.71 Å². The highest BCUT2D eigenvalue weighted by Crippen LogP contribution is 2.18. The maximum atomic E-state index is 9.27. The minimum atomic E-state index is 0.651. The van der Waals surface area contributed by atoms with E-state index in [-0.39, 0.29) is 0 Å². The monoisotopic (exact) mass is 250 g/mol. The van der Waals surface area contributed by atoms with Gasteiger partial charge in [-0.05, 0) is 49.6 Å². The predicted molar refractivity (Wildman–Crippen MR) is 78.5 cm³/mol. The van der Waals surface area contributed by atoms with Crippen molar-refractivity contribution in [2.45, 2.75) is 27.2 Å². The van der Waals surface area contributed by atoms with Crippen LogP contribution in [0.15, 0.2) is 42.5 Å². The largest absolute Gasteiger partial charge is 0.361 e. The Balaban J connectivity index is 2.38. The van der Waals surface area contributed by atoms with Crippen LogP contribution in [0.25, 0.3) is 5.53 Å². The zero-order chi connectivity index (χ0) is 13.8. The second-order valence-corrected chi connectivity index (χ2v) is 4.97. The lowest BCUT2D eigenvalue weighted by atomic mass is 9.93. The summed E-state index contributed by atoms with van der Waals surface area (Å²) in [6.07, 6.45) is 0.651. The molecule has 2 aromatic carbocycles. The van der Waals surface area contributed by atoms with Gasteiger partial charge in [-0.15, -0.1) is 0 Å². The van der Waals surface area contributed by atoms with E-state index in [9.17, 15) is 5.53 Å². The highest BCUT2D eigenvalue weighted by Gasteiger charge is 2.15. The normalized spacial score (nSPS) is 10.1. The fourth-order valence-corrected chi connectivity index (χ4v) is 2.48. The van der Waals surface area contributed by atoms with Crippen molar-refractivity contribution < 1.29 is 4.79 Å². The molecule has 0 heterocycles. The zero-order valence-electron chi connectivity index (χ0n) is 11.6. The molecule has 0 bridgehead atoms. The van der Waals surface area contributed by atoms with E-state index >= 15 is 0 Å².